The minimum absolute atomic E-state index is 0.0380. The molecule has 0 spiro atoms. The van der Waals surface area contributed by atoms with Crippen LogP contribution in [0.15, 0.2) is 48.5 Å². The maximum atomic E-state index is 12.9. The van der Waals surface area contributed by atoms with Crippen molar-refractivity contribution in [3.05, 3.63) is 54.1 Å². The number of hydrogen-bond donors (Lipinski definition) is 1. The molecule has 0 atom stereocenters. The summed E-state index contributed by atoms with van der Waals surface area (Å²) in [7, 11) is 3.11. The fourth-order valence-corrected chi connectivity index (χ4v) is 2.90. The van der Waals surface area contributed by atoms with Crippen molar-refractivity contribution in [2.45, 2.75) is 19.3 Å². The molecule has 10 heteroatoms. The predicted octanol–water partition coefficient (Wildman–Crippen LogP) is 2.93. The van der Waals surface area contributed by atoms with Gasteiger partial charge in [-0.15, -0.1) is 13.2 Å². The standard InChI is InChI=1S/C21H24F3N3O4/c1-26(13-15-5-3-4-6-18(15)31-21(22,23)24)14-20(29)27(12-11-19(25)28)16-7-9-17(30-2)10-8-16/h3-10H,11-14H2,1-2H3,(H2,25,28). The molecule has 0 aliphatic heterocycles. The smallest absolute Gasteiger partial charge is 0.497 e. The lowest BCUT2D eigenvalue weighted by atomic mass is 10.2. The zero-order chi connectivity index (χ0) is 23.0. The van der Waals surface area contributed by atoms with E-state index >= 15 is 0 Å². The summed E-state index contributed by atoms with van der Waals surface area (Å²) in [5.41, 5.74) is 6.05. The molecule has 0 unspecified atom stereocenters. The second-order valence-electron chi connectivity index (χ2n) is 6.79. The molecule has 0 radical (unpaired) electrons. The van der Waals surface area contributed by atoms with Crippen LogP contribution < -0.4 is 20.1 Å². The number of ether oxygens (including phenoxy) is 2. The first-order chi connectivity index (χ1) is 14.6. The SMILES string of the molecule is COc1ccc(N(CCC(N)=O)C(=O)CN(C)Cc2ccccc2OC(F)(F)F)cc1. The highest BCUT2D eigenvalue weighted by atomic mass is 19.4. The molecule has 2 aromatic rings. The third-order valence-corrected chi connectivity index (χ3v) is 4.31. The Morgan fingerprint density at radius 2 is 1.71 bits per heavy atom. The van der Waals surface area contributed by atoms with E-state index < -0.39 is 12.3 Å². The van der Waals surface area contributed by atoms with Crippen molar-refractivity contribution in [2.75, 3.05) is 32.1 Å². The van der Waals surface area contributed by atoms with Gasteiger partial charge in [0.05, 0.1) is 13.7 Å². The van der Waals surface area contributed by atoms with Gasteiger partial charge in [-0.25, -0.2) is 0 Å². The first-order valence-corrected chi connectivity index (χ1v) is 9.34. The molecule has 0 saturated carbocycles. The number of benzene rings is 2. The van der Waals surface area contributed by atoms with E-state index in [2.05, 4.69) is 4.74 Å². The molecule has 7 nitrogen and oxygen atoms in total. The summed E-state index contributed by atoms with van der Waals surface area (Å²) in [5.74, 6) is -0.625. The van der Waals surface area contributed by atoms with Gasteiger partial charge < -0.3 is 20.1 Å². The van der Waals surface area contributed by atoms with Gasteiger partial charge in [0.25, 0.3) is 0 Å². The van der Waals surface area contributed by atoms with Gasteiger partial charge in [0.1, 0.15) is 11.5 Å². The molecular weight excluding hydrogens is 415 g/mol. The number of amides is 2. The number of alkyl halides is 3. The van der Waals surface area contributed by atoms with Crippen molar-refractivity contribution in [3.8, 4) is 11.5 Å². The van der Waals surface area contributed by atoms with Crippen LogP contribution in [0.2, 0.25) is 0 Å². The van der Waals surface area contributed by atoms with Crippen LogP contribution in [-0.2, 0) is 16.1 Å². The highest BCUT2D eigenvalue weighted by molar-refractivity contribution is 5.95. The van der Waals surface area contributed by atoms with Gasteiger partial charge in [-0.3, -0.25) is 14.5 Å². The molecule has 168 valence electrons. The summed E-state index contributed by atoms with van der Waals surface area (Å²) < 4.78 is 47.0. The Bertz CT molecular complexity index is 888. The van der Waals surface area contributed by atoms with E-state index in [0.29, 0.717) is 11.4 Å². The van der Waals surface area contributed by atoms with E-state index in [1.165, 1.54) is 30.2 Å². The average Bonchev–Trinajstić information content (AvgIpc) is 2.68. The highest BCUT2D eigenvalue weighted by Gasteiger charge is 2.32. The Hall–Kier alpha value is -3.27. The fraction of sp³-hybridized carbons (Fsp3) is 0.333. The Kier molecular flexibility index (Phi) is 8.26. The minimum atomic E-state index is -4.82. The molecule has 0 fully saturated rings. The number of carbonyl (C=O) groups is 2. The molecule has 0 saturated heterocycles. The van der Waals surface area contributed by atoms with Crippen molar-refractivity contribution >= 4 is 17.5 Å². The van der Waals surface area contributed by atoms with E-state index in [9.17, 15) is 22.8 Å². The van der Waals surface area contributed by atoms with Gasteiger partial charge in [0, 0.05) is 30.8 Å². The van der Waals surface area contributed by atoms with Crippen LogP contribution in [-0.4, -0.2) is 50.3 Å². The Morgan fingerprint density at radius 1 is 1.06 bits per heavy atom. The van der Waals surface area contributed by atoms with Crippen LogP contribution in [0.3, 0.4) is 0 Å². The molecule has 0 bridgehead atoms. The zero-order valence-electron chi connectivity index (χ0n) is 17.2. The normalized spacial score (nSPS) is 11.3. The van der Waals surface area contributed by atoms with Gasteiger partial charge in [-0.1, -0.05) is 18.2 Å². The summed E-state index contributed by atoms with van der Waals surface area (Å²) in [4.78, 5) is 27.1. The molecule has 0 heterocycles. The van der Waals surface area contributed by atoms with Gasteiger partial charge >= 0.3 is 6.36 Å². The summed E-state index contributed by atoms with van der Waals surface area (Å²) in [6.07, 6.45) is -4.85. The quantitative estimate of drug-likeness (QED) is 0.615. The number of hydrogen-bond acceptors (Lipinski definition) is 5. The number of anilines is 1. The summed E-state index contributed by atoms with van der Waals surface area (Å²) in [5, 5.41) is 0. The van der Waals surface area contributed by atoms with Crippen LogP contribution in [0.1, 0.15) is 12.0 Å². The second-order valence-corrected chi connectivity index (χ2v) is 6.79. The number of rotatable bonds is 10. The molecule has 2 rings (SSSR count). The number of carbonyl (C=O) groups excluding carboxylic acids is 2. The van der Waals surface area contributed by atoms with Gasteiger partial charge in [0.2, 0.25) is 11.8 Å². The van der Waals surface area contributed by atoms with E-state index in [1.54, 1.807) is 42.3 Å². The summed E-state index contributed by atoms with van der Waals surface area (Å²) in [6.45, 7) is 0.0114. The van der Waals surface area contributed by atoms with Crippen molar-refractivity contribution in [2.24, 2.45) is 5.73 Å². The number of nitrogens with zero attached hydrogens (tertiary/aromatic N) is 2. The number of likely N-dealkylation sites (N-methyl/N-ethyl adjacent to an activating group) is 1. The Morgan fingerprint density at radius 3 is 2.29 bits per heavy atom. The van der Waals surface area contributed by atoms with Crippen LogP contribution in [0.4, 0.5) is 18.9 Å². The van der Waals surface area contributed by atoms with Crippen molar-refractivity contribution < 1.29 is 32.2 Å². The Balaban J connectivity index is 2.12. The van der Waals surface area contributed by atoms with Crippen LogP contribution in [0, 0.1) is 0 Å². The predicted molar refractivity (Wildman–Crippen MR) is 109 cm³/mol. The topological polar surface area (TPSA) is 85.1 Å². The maximum Gasteiger partial charge on any atom is 0.573 e. The largest absolute Gasteiger partial charge is 0.573 e. The first kappa shape index (κ1) is 24.0. The molecule has 0 aliphatic rings. The number of nitrogens with two attached hydrogens (primary N) is 1. The lowest BCUT2D eigenvalue weighted by molar-refractivity contribution is -0.275. The van der Waals surface area contributed by atoms with Gasteiger partial charge in [-0.05, 0) is 37.4 Å². The third-order valence-electron chi connectivity index (χ3n) is 4.31. The lowest BCUT2D eigenvalue weighted by Crippen LogP contribution is -2.40. The molecule has 2 N–H and O–H groups in total. The minimum Gasteiger partial charge on any atom is -0.497 e. The molecule has 0 aliphatic carbocycles. The van der Waals surface area contributed by atoms with Crippen LogP contribution in [0.25, 0.3) is 0 Å². The summed E-state index contributed by atoms with van der Waals surface area (Å²) >= 11 is 0. The molecule has 2 amide bonds. The average molecular weight is 439 g/mol. The maximum absolute atomic E-state index is 12.9. The first-order valence-electron chi connectivity index (χ1n) is 9.34. The van der Waals surface area contributed by atoms with Crippen molar-refractivity contribution in [1.82, 2.24) is 4.90 Å². The van der Waals surface area contributed by atoms with E-state index in [1.807, 2.05) is 0 Å². The van der Waals surface area contributed by atoms with Crippen molar-refractivity contribution in [3.63, 3.8) is 0 Å². The Labute approximate surface area is 178 Å². The molecule has 0 aromatic heterocycles. The van der Waals surface area contributed by atoms with E-state index in [0.717, 1.165) is 0 Å². The number of para-hydroxylation sites is 1. The molecule has 2 aromatic carbocycles. The van der Waals surface area contributed by atoms with E-state index in [-0.39, 0.29) is 43.3 Å². The molecular formula is C21H24F3N3O4. The summed E-state index contributed by atoms with van der Waals surface area (Å²) in [6, 6.07) is 12.4. The molecule has 31 heavy (non-hydrogen) atoms. The third kappa shape index (κ3) is 7.82. The van der Waals surface area contributed by atoms with Crippen LogP contribution >= 0.6 is 0 Å². The van der Waals surface area contributed by atoms with Crippen LogP contribution in [0.5, 0.6) is 11.5 Å². The zero-order valence-corrected chi connectivity index (χ0v) is 17.2. The van der Waals surface area contributed by atoms with E-state index in [4.69, 9.17) is 10.5 Å². The number of halogens is 3. The fourth-order valence-electron chi connectivity index (χ4n) is 2.90. The highest BCUT2D eigenvalue weighted by Crippen LogP contribution is 2.27. The van der Waals surface area contributed by atoms with Gasteiger partial charge in [-0.2, -0.15) is 0 Å². The number of methoxy groups -OCH3 is 1. The monoisotopic (exact) mass is 439 g/mol. The second kappa shape index (κ2) is 10.7. The number of primary amides is 1. The van der Waals surface area contributed by atoms with Gasteiger partial charge in [0.15, 0.2) is 0 Å². The van der Waals surface area contributed by atoms with Crippen molar-refractivity contribution in [1.29, 1.82) is 0 Å². The lowest BCUT2D eigenvalue weighted by Gasteiger charge is -2.26.